The van der Waals surface area contributed by atoms with Crippen molar-refractivity contribution in [1.29, 1.82) is 0 Å². The number of hydrogen-bond acceptors (Lipinski definition) is 6. The van der Waals surface area contributed by atoms with Gasteiger partial charge < -0.3 is 15.8 Å². The van der Waals surface area contributed by atoms with E-state index < -0.39 is 5.91 Å². The van der Waals surface area contributed by atoms with Crippen molar-refractivity contribution in [2.24, 2.45) is 11.7 Å². The first-order chi connectivity index (χ1) is 17.0. The molecule has 2 aliphatic rings. The van der Waals surface area contributed by atoms with Crippen molar-refractivity contribution in [2.75, 3.05) is 19.0 Å². The van der Waals surface area contributed by atoms with Crippen LogP contribution in [-0.4, -0.2) is 40.3 Å². The SMILES string of the molecule is COC(=O)C1CC2(CCNc3c(C(N)=O)c(-c4ccc5ccc(-c6ccccc6)nc5c4)nn32)C1. The number of ether oxygens (including phenoxy) is 1. The van der Waals surface area contributed by atoms with Crippen molar-refractivity contribution in [1.82, 2.24) is 14.8 Å². The molecule has 1 spiro atoms. The Kier molecular flexibility index (Phi) is 4.84. The van der Waals surface area contributed by atoms with E-state index in [0.717, 1.165) is 34.1 Å². The molecule has 176 valence electrons. The van der Waals surface area contributed by atoms with Crippen LogP contribution in [0.25, 0.3) is 33.4 Å². The van der Waals surface area contributed by atoms with Gasteiger partial charge in [-0.3, -0.25) is 9.59 Å². The van der Waals surface area contributed by atoms with E-state index in [1.807, 2.05) is 65.3 Å². The number of amides is 1. The number of nitrogens with two attached hydrogens (primary N) is 1. The molecule has 1 saturated carbocycles. The van der Waals surface area contributed by atoms with Crippen LogP contribution in [0.4, 0.5) is 5.82 Å². The van der Waals surface area contributed by atoms with E-state index in [4.69, 9.17) is 20.6 Å². The summed E-state index contributed by atoms with van der Waals surface area (Å²) in [5, 5.41) is 9.21. The summed E-state index contributed by atoms with van der Waals surface area (Å²) in [6, 6.07) is 19.9. The number of carbonyl (C=O) groups is 2. The Hall–Kier alpha value is -4.20. The lowest BCUT2D eigenvalue weighted by atomic mass is 9.66. The number of nitrogens with zero attached hydrogens (tertiary/aromatic N) is 3. The zero-order chi connectivity index (χ0) is 24.2. The Morgan fingerprint density at radius 1 is 1.09 bits per heavy atom. The molecule has 1 aliphatic heterocycles. The molecule has 0 atom stereocenters. The second-order valence-corrected chi connectivity index (χ2v) is 9.35. The van der Waals surface area contributed by atoms with Gasteiger partial charge >= 0.3 is 5.97 Å². The maximum atomic E-state index is 12.6. The first-order valence-corrected chi connectivity index (χ1v) is 11.7. The molecule has 8 nitrogen and oxygen atoms in total. The van der Waals surface area contributed by atoms with Gasteiger partial charge in [-0.25, -0.2) is 9.67 Å². The number of benzene rings is 2. The van der Waals surface area contributed by atoms with Gasteiger partial charge in [-0.05, 0) is 31.4 Å². The Labute approximate surface area is 202 Å². The fourth-order valence-electron chi connectivity index (χ4n) is 5.48. The summed E-state index contributed by atoms with van der Waals surface area (Å²) < 4.78 is 6.81. The van der Waals surface area contributed by atoms with Crippen LogP contribution < -0.4 is 11.1 Å². The summed E-state index contributed by atoms with van der Waals surface area (Å²) in [5.74, 6) is -0.279. The third-order valence-electron chi connectivity index (χ3n) is 7.29. The monoisotopic (exact) mass is 467 g/mol. The topological polar surface area (TPSA) is 112 Å². The van der Waals surface area contributed by atoms with Gasteiger partial charge in [0, 0.05) is 23.1 Å². The number of methoxy groups -OCH3 is 1. The highest BCUT2D eigenvalue weighted by Gasteiger charge is 2.52. The van der Waals surface area contributed by atoms with E-state index >= 15 is 0 Å². The number of aromatic nitrogens is 3. The Balaban J connectivity index is 1.45. The van der Waals surface area contributed by atoms with E-state index in [0.29, 0.717) is 36.5 Å². The Bertz CT molecular complexity index is 1470. The van der Waals surface area contributed by atoms with Crippen LogP contribution in [0.1, 0.15) is 29.6 Å². The first kappa shape index (κ1) is 21.3. The minimum atomic E-state index is -0.541. The third-order valence-corrected chi connectivity index (χ3v) is 7.29. The fraction of sp³-hybridized carbons (Fsp3) is 0.259. The lowest BCUT2D eigenvalue weighted by Crippen LogP contribution is -2.53. The van der Waals surface area contributed by atoms with E-state index in [1.54, 1.807) is 0 Å². The molecule has 6 rings (SSSR count). The molecule has 1 fully saturated rings. The second-order valence-electron chi connectivity index (χ2n) is 9.35. The van der Waals surface area contributed by atoms with Gasteiger partial charge in [-0.15, -0.1) is 0 Å². The molecule has 1 aliphatic carbocycles. The number of carbonyl (C=O) groups excluding carboxylic acids is 2. The molecule has 0 bridgehead atoms. The number of hydrogen-bond donors (Lipinski definition) is 2. The predicted molar refractivity (Wildman–Crippen MR) is 133 cm³/mol. The number of anilines is 1. The van der Waals surface area contributed by atoms with Crippen molar-refractivity contribution in [3.05, 3.63) is 66.2 Å². The molecule has 2 aromatic carbocycles. The molecule has 0 saturated heterocycles. The fourth-order valence-corrected chi connectivity index (χ4v) is 5.48. The summed E-state index contributed by atoms with van der Waals surface area (Å²) in [4.78, 5) is 29.5. The van der Waals surface area contributed by atoms with Crippen LogP contribution in [0.3, 0.4) is 0 Å². The normalized spacial score (nSPS) is 20.7. The van der Waals surface area contributed by atoms with Gasteiger partial charge in [0.15, 0.2) is 0 Å². The van der Waals surface area contributed by atoms with Crippen LogP contribution in [0, 0.1) is 5.92 Å². The zero-order valence-electron chi connectivity index (χ0n) is 19.3. The average Bonchev–Trinajstić information content (AvgIpc) is 3.27. The van der Waals surface area contributed by atoms with E-state index in [1.165, 1.54) is 7.11 Å². The molecule has 35 heavy (non-hydrogen) atoms. The molecule has 2 aromatic heterocycles. The van der Waals surface area contributed by atoms with Crippen LogP contribution in [0.5, 0.6) is 0 Å². The molecule has 0 unspecified atom stereocenters. The average molecular weight is 468 g/mol. The van der Waals surface area contributed by atoms with Gasteiger partial charge in [-0.2, -0.15) is 5.10 Å². The zero-order valence-corrected chi connectivity index (χ0v) is 19.3. The Morgan fingerprint density at radius 3 is 2.60 bits per heavy atom. The van der Waals surface area contributed by atoms with Gasteiger partial charge in [0.2, 0.25) is 0 Å². The highest BCUT2D eigenvalue weighted by Crippen LogP contribution is 2.51. The summed E-state index contributed by atoms with van der Waals surface area (Å²) in [6.45, 7) is 0.680. The minimum absolute atomic E-state index is 0.156. The van der Waals surface area contributed by atoms with Crippen molar-refractivity contribution in [2.45, 2.75) is 24.8 Å². The second kappa shape index (κ2) is 7.94. The smallest absolute Gasteiger partial charge is 0.308 e. The molecule has 3 heterocycles. The van der Waals surface area contributed by atoms with Crippen LogP contribution in [-0.2, 0) is 15.1 Å². The molecule has 3 N–H and O–H groups in total. The molecule has 8 heteroatoms. The highest BCUT2D eigenvalue weighted by atomic mass is 16.5. The minimum Gasteiger partial charge on any atom is -0.469 e. The van der Waals surface area contributed by atoms with E-state index in [2.05, 4.69) is 5.32 Å². The van der Waals surface area contributed by atoms with Gasteiger partial charge in [0.25, 0.3) is 5.91 Å². The lowest BCUT2D eigenvalue weighted by Gasteiger charge is -2.49. The van der Waals surface area contributed by atoms with Crippen molar-refractivity contribution in [3.63, 3.8) is 0 Å². The standard InChI is InChI=1S/C27H25N5O3/c1-35-26(34)19-14-27(15-19)11-12-29-25-22(24(28)33)23(31-32(25)27)18-8-7-17-9-10-20(30-21(17)13-18)16-5-3-2-4-6-16/h2-10,13,19,29H,11-12,14-15H2,1H3,(H2,28,33). The number of pyridine rings is 1. The third kappa shape index (κ3) is 3.36. The van der Waals surface area contributed by atoms with E-state index in [-0.39, 0.29) is 17.4 Å². The maximum Gasteiger partial charge on any atom is 0.308 e. The van der Waals surface area contributed by atoms with Gasteiger partial charge in [0.1, 0.15) is 17.1 Å². The number of fused-ring (bicyclic) bond motifs is 3. The summed E-state index contributed by atoms with van der Waals surface area (Å²) in [6.07, 6.45) is 2.08. The van der Waals surface area contributed by atoms with Crippen LogP contribution >= 0.6 is 0 Å². The molecule has 0 radical (unpaired) electrons. The van der Waals surface area contributed by atoms with Gasteiger partial charge in [-0.1, -0.05) is 48.5 Å². The van der Waals surface area contributed by atoms with Crippen LogP contribution in [0.2, 0.25) is 0 Å². The van der Waals surface area contributed by atoms with Crippen molar-refractivity contribution < 1.29 is 14.3 Å². The quantitative estimate of drug-likeness (QED) is 0.440. The molecule has 1 amide bonds. The van der Waals surface area contributed by atoms with Crippen molar-refractivity contribution in [3.8, 4) is 22.5 Å². The first-order valence-electron chi connectivity index (χ1n) is 11.7. The Morgan fingerprint density at radius 2 is 1.86 bits per heavy atom. The van der Waals surface area contributed by atoms with Crippen LogP contribution in [0.15, 0.2) is 60.7 Å². The summed E-state index contributed by atoms with van der Waals surface area (Å²) >= 11 is 0. The maximum absolute atomic E-state index is 12.6. The molecular formula is C27H25N5O3. The highest BCUT2D eigenvalue weighted by molar-refractivity contribution is 6.04. The predicted octanol–water partition coefficient (Wildman–Crippen LogP) is 3.96. The van der Waals surface area contributed by atoms with Gasteiger partial charge in [0.05, 0.1) is 29.8 Å². The van der Waals surface area contributed by atoms with Crippen molar-refractivity contribution >= 4 is 28.6 Å². The number of primary amides is 1. The number of rotatable bonds is 4. The van der Waals surface area contributed by atoms with E-state index in [9.17, 15) is 9.59 Å². The number of esters is 1. The molecular weight excluding hydrogens is 442 g/mol. The lowest BCUT2D eigenvalue weighted by molar-refractivity contribution is -0.153. The summed E-state index contributed by atoms with van der Waals surface area (Å²) in [5.41, 5.74) is 9.91. The summed E-state index contributed by atoms with van der Waals surface area (Å²) in [7, 11) is 1.41. The largest absolute Gasteiger partial charge is 0.469 e. The number of nitrogens with one attached hydrogen (secondary N) is 1. The molecule has 4 aromatic rings.